The molecule has 0 aliphatic heterocycles. The molecule has 5 nitrogen and oxygen atoms in total. The number of aromatic nitrogens is 2. The van der Waals surface area contributed by atoms with E-state index >= 15 is 0 Å². The normalized spacial score (nSPS) is 9.55. The first kappa shape index (κ1) is 7.71. The van der Waals surface area contributed by atoms with Crippen molar-refractivity contribution >= 4 is 5.97 Å². The molecule has 0 atom stereocenters. The first-order valence-corrected chi connectivity index (χ1v) is 3.17. The van der Waals surface area contributed by atoms with E-state index in [4.69, 9.17) is 4.42 Å². The summed E-state index contributed by atoms with van der Waals surface area (Å²) < 4.78 is 9.45. The quantitative estimate of drug-likeness (QED) is 0.584. The van der Waals surface area contributed by atoms with Crippen molar-refractivity contribution in [3.05, 3.63) is 12.3 Å². The van der Waals surface area contributed by atoms with Crippen molar-refractivity contribution < 1.29 is 13.9 Å². The number of hydrogen-bond acceptors (Lipinski definition) is 5. The van der Waals surface area contributed by atoms with Gasteiger partial charge in [0.15, 0.2) is 0 Å². The Balaban J connectivity index is 2.19. The van der Waals surface area contributed by atoms with Gasteiger partial charge in [0.1, 0.15) is 6.61 Å². The summed E-state index contributed by atoms with van der Waals surface area (Å²) in [6.45, 7) is 1.64. The SMILES string of the molecule is CC(=O)OCCc1nnco1. The first-order valence-electron chi connectivity index (χ1n) is 3.17. The molecular weight excluding hydrogens is 148 g/mol. The van der Waals surface area contributed by atoms with Crippen LogP contribution in [-0.4, -0.2) is 22.8 Å². The monoisotopic (exact) mass is 156 g/mol. The van der Waals surface area contributed by atoms with Gasteiger partial charge in [0, 0.05) is 6.92 Å². The second-order valence-corrected chi connectivity index (χ2v) is 1.92. The Morgan fingerprint density at radius 3 is 3.18 bits per heavy atom. The molecule has 60 valence electrons. The Labute approximate surface area is 63.4 Å². The van der Waals surface area contributed by atoms with Crippen LogP contribution >= 0.6 is 0 Å². The molecule has 0 unspecified atom stereocenters. The fourth-order valence-electron chi connectivity index (χ4n) is 0.587. The lowest BCUT2D eigenvalue weighted by atomic mass is 10.5. The average Bonchev–Trinajstić information content (AvgIpc) is 2.39. The number of nitrogens with zero attached hydrogens (tertiary/aromatic N) is 2. The van der Waals surface area contributed by atoms with Gasteiger partial charge in [-0.2, -0.15) is 0 Å². The summed E-state index contributed by atoms with van der Waals surface area (Å²) >= 11 is 0. The fraction of sp³-hybridized carbons (Fsp3) is 0.500. The molecule has 0 aliphatic rings. The minimum atomic E-state index is -0.301. The lowest BCUT2D eigenvalue weighted by Gasteiger charge is -1.96. The molecule has 0 bridgehead atoms. The molecule has 1 aromatic heterocycles. The average molecular weight is 156 g/mol. The molecule has 1 aromatic rings. The third-order valence-corrected chi connectivity index (χ3v) is 1.03. The van der Waals surface area contributed by atoms with Crippen LogP contribution in [0.4, 0.5) is 0 Å². The Morgan fingerprint density at radius 1 is 1.82 bits per heavy atom. The summed E-state index contributed by atoms with van der Waals surface area (Å²) in [6, 6.07) is 0. The molecule has 11 heavy (non-hydrogen) atoms. The van der Waals surface area contributed by atoms with Crippen LogP contribution in [-0.2, 0) is 16.0 Å². The summed E-state index contributed by atoms with van der Waals surface area (Å²) in [5.74, 6) is 0.177. The molecule has 0 fully saturated rings. The maximum absolute atomic E-state index is 10.3. The number of hydrogen-bond donors (Lipinski definition) is 0. The van der Waals surface area contributed by atoms with Crippen LogP contribution in [0.5, 0.6) is 0 Å². The van der Waals surface area contributed by atoms with Gasteiger partial charge in [0.2, 0.25) is 12.3 Å². The topological polar surface area (TPSA) is 65.2 Å². The minimum absolute atomic E-state index is 0.289. The lowest BCUT2D eigenvalue weighted by molar-refractivity contribution is -0.140. The Hall–Kier alpha value is -1.39. The zero-order valence-corrected chi connectivity index (χ0v) is 6.11. The predicted molar refractivity (Wildman–Crippen MR) is 34.6 cm³/mol. The molecule has 0 saturated heterocycles. The van der Waals surface area contributed by atoms with E-state index in [1.54, 1.807) is 0 Å². The number of rotatable bonds is 3. The third kappa shape index (κ3) is 2.79. The zero-order chi connectivity index (χ0) is 8.10. The molecule has 0 aliphatic carbocycles. The van der Waals surface area contributed by atoms with E-state index in [2.05, 4.69) is 14.9 Å². The molecule has 0 radical (unpaired) electrons. The van der Waals surface area contributed by atoms with Crippen molar-refractivity contribution in [3.8, 4) is 0 Å². The summed E-state index contributed by atoms with van der Waals surface area (Å²) in [7, 11) is 0. The maximum atomic E-state index is 10.3. The van der Waals surface area contributed by atoms with Gasteiger partial charge in [-0.3, -0.25) is 4.79 Å². The van der Waals surface area contributed by atoms with E-state index in [0.29, 0.717) is 12.3 Å². The van der Waals surface area contributed by atoms with Crippen molar-refractivity contribution in [2.75, 3.05) is 6.61 Å². The van der Waals surface area contributed by atoms with Gasteiger partial charge < -0.3 is 9.15 Å². The largest absolute Gasteiger partial charge is 0.465 e. The van der Waals surface area contributed by atoms with Gasteiger partial charge in [0.05, 0.1) is 6.42 Å². The molecule has 0 amide bonds. The van der Waals surface area contributed by atoms with E-state index < -0.39 is 0 Å². The number of ether oxygens (including phenoxy) is 1. The van der Waals surface area contributed by atoms with E-state index in [1.165, 1.54) is 13.3 Å². The molecular formula is C6H8N2O3. The Morgan fingerprint density at radius 2 is 2.64 bits per heavy atom. The van der Waals surface area contributed by atoms with Gasteiger partial charge in [0.25, 0.3) is 0 Å². The zero-order valence-electron chi connectivity index (χ0n) is 6.11. The van der Waals surface area contributed by atoms with Crippen LogP contribution in [0.3, 0.4) is 0 Å². The lowest BCUT2D eigenvalue weighted by Crippen LogP contribution is -2.03. The highest BCUT2D eigenvalue weighted by Gasteiger charge is 1.99. The highest BCUT2D eigenvalue weighted by molar-refractivity contribution is 5.65. The number of carbonyl (C=O) groups excluding carboxylic acids is 1. The molecule has 1 heterocycles. The Kier molecular flexibility index (Phi) is 2.59. The second-order valence-electron chi connectivity index (χ2n) is 1.92. The van der Waals surface area contributed by atoms with Crippen molar-refractivity contribution in [2.45, 2.75) is 13.3 Å². The van der Waals surface area contributed by atoms with E-state index in [0.717, 1.165) is 0 Å². The van der Waals surface area contributed by atoms with Crippen LogP contribution < -0.4 is 0 Å². The molecule has 5 heteroatoms. The van der Waals surface area contributed by atoms with Crippen molar-refractivity contribution in [1.82, 2.24) is 10.2 Å². The summed E-state index contributed by atoms with van der Waals surface area (Å²) in [4.78, 5) is 10.3. The molecule has 0 spiro atoms. The van der Waals surface area contributed by atoms with Crippen molar-refractivity contribution in [3.63, 3.8) is 0 Å². The van der Waals surface area contributed by atoms with Gasteiger partial charge in [-0.15, -0.1) is 10.2 Å². The van der Waals surface area contributed by atoms with Crippen LogP contribution in [0, 0.1) is 0 Å². The molecule has 0 N–H and O–H groups in total. The van der Waals surface area contributed by atoms with Gasteiger partial charge >= 0.3 is 5.97 Å². The van der Waals surface area contributed by atoms with Crippen LogP contribution in [0.25, 0.3) is 0 Å². The van der Waals surface area contributed by atoms with Crippen molar-refractivity contribution in [2.24, 2.45) is 0 Å². The highest BCUT2D eigenvalue weighted by atomic mass is 16.5. The fourth-order valence-corrected chi connectivity index (χ4v) is 0.587. The van der Waals surface area contributed by atoms with Crippen LogP contribution in [0.2, 0.25) is 0 Å². The van der Waals surface area contributed by atoms with E-state index in [9.17, 15) is 4.79 Å². The predicted octanol–water partition coefficient (Wildman–Crippen LogP) is 0.175. The highest BCUT2D eigenvalue weighted by Crippen LogP contribution is 1.92. The summed E-state index contributed by atoms with van der Waals surface area (Å²) in [5.41, 5.74) is 0. The van der Waals surface area contributed by atoms with Crippen LogP contribution in [0.1, 0.15) is 12.8 Å². The van der Waals surface area contributed by atoms with Crippen molar-refractivity contribution in [1.29, 1.82) is 0 Å². The molecule has 0 saturated carbocycles. The smallest absolute Gasteiger partial charge is 0.302 e. The first-order chi connectivity index (χ1) is 5.29. The third-order valence-electron chi connectivity index (χ3n) is 1.03. The minimum Gasteiger partial charge on any atom is -0.465 e. The second kappa shape index (κ2) is 3.70. The van der Waals surface area contributed by atoms with E-state index in [1.807, 2.05) is 0 Å². The van der Waals surface area contributed by atoms with E-state index in [-0.39, 0.29) is 12.6 Å². The molecule has 1 rings (SSSR count). The van der Waals surface area contributed by atoms with Gasteiger partial charge in [-0.1, -0.05) is 0 Å². The maximum Gasteiger partial charge on any atom is 0.302 e. The van der Waals surface area contributed by atoms with Gasteiger partial charge in [-0.05, 0) is 0 Å². The number of esters is 1. The summed E-state index contributed by atoms with van der Waals surface area (Å²) in [5, 5.41) is 7.07. The standard InChI is InChI=1S/C6H8N2O3/c1-5(9)10-3-2-6-8-7-4-11-6/h4H,2-3H2,1H3. The van der Waals surface area contributed by atoms with Crippen LogP contribution in [0.15, 0.2) is 10.8 Å². The summed E-state index contributed by atoms with van der Waals surface area (Å²) in [6.07, 6.45) is 1.71. The number of carbonyl (C=O) groups is 1. The molecule has 0 aromatic carbocycles. The Bertz CT molecular complexity index is 220. The van der Waals surface area contributed by atoms with Gasteiger partial charge in [-0.25, -0.2) is 0 Å².